The summed E-state index contributed by atoms with van der Waals surface area (Å²) in [6.07, 6.45) is 0. The average Bonchev–Trinajstić information content (AvgIpc) is 2.39. The van der Waals surface area contributed by atoms with Crippen molar-refractivity contribution in [3.05, 3.63) is 46.8 Å². The number of benzene rings is 1. The lowest BCUT2D eigenvalue weighted by Crippen LogP contribution is -2.12. The van der Waals surface area contributed by atoms with Gasteiger partial charge in [0, 0.05) is 6.07 Å². The van der Waals surface area contributed by atoms with Crippen LogP contribution in [0.5, 0.6) is 5.75 Å². The van der Waals surface area contributed by atoms with Crippen molar-refractivity contribution in [1.82, 2.24) is 10.2 Å². The Balaban J connectivity index is 2.61. The van der Waals surface area contributed by atoms with E-state index in [1.54, 1.807) is 18.2 Å². The molecule has 0 bridgehead atoms. The molecule has 1 N–H and O–H groups in total. The fourth-order valence-corrected chi connectivity index (χ4v) is 2.75. The van der Waals surface area contributed by atoms with Gasteiger partial charge < -0.3 is 4.74 Å². The normalized spacial score (nSPS) is 11.2. The highest BCUT2D eigenvalue weighted by Gasteiger charge is 2.23. The third kappa shape index (κ3) is 2.12. The van der Waals surface area contributed by atoms with Crippen LogP contribution in [-0.2, 0) is 9.84 Å². The van der Waals surface area contributed by atoms with Gasteiger partial charge in [0.25, 0.3) is 5.56 Å². The largest absolute Gasteiger partial charge is 0.495 e. The van der Waals surface area contributed by atoms with E-state index in [-0.39, 0.29) is 15.7 Å². The van der Waals surface area contributed by atoms with Gasteiger partial charge in [0.15, 0.2) is 5.03 Å². The lowest BCUT2D eigenvalue weighted by Gasteiger charge is -2.07. The molecule has 0 unspecified atom stereocenters. The molecule has 0 saturated carbocycles. The van der Waals surface area contributed by atoms with Gasteiger partial charge in [-0.05, 0) is 18.2 Å². The molecule has 2 rings (SSSR count). The molecule has 18 heavy (non-hydrogen) atoms. The Kier molecular flexibility index (Phi) is 3.15. The van der Waals surface area contributed by atoms with E-state index in [1.165, 1.54) is 13.2 Å². The second-order valence-electron chi connectivity index (χ2n) is 3.41. The van der Waals surface area contributed by atoms with Gasteiger partial charge in [-0.25, -0.2) is 13.5 Å². The molecule has 1 heterocycles. The van der Waals surface area contributed by atoms with E-state index in [1.807, 2.05) is 0 Å². The highest BCUT2D eigenvalue weighted by molar-refractivity contribution is 7.91. The van der Waals surface area contributed by atoms with Crippen molar-refractivity contribution in [2.24, 2.45) is 0 Å². The van der Waals surface area contributed by atoms with Crippen LogP contribution in [0, 0.1) is 0 Å². The Morgan fingerprint density at radius 2 is 1.89 bits per heavy atom. The van der Waals surface area contributed by atoms with Crippen molar-refractivity contribution < 1.29 is 13.2 Å². The molecule has 0 fully saturated rings. The predicted octanol–water partition coefficient (Wildman–Crippen LogP) is 0.611. The molecule has 0 radical (unpaired) electrons. The zero-order chi connectivity index (χ0) is 13.2. The smallest absolute Gasteiger partial charge is 0.264 e. The molecule has 0 aliphatic carbocycles. The molecule has 0 spiro atoms. The zero-order valence-electron chi connectivity index (χ0n) is 9.45. The third-order valence-corrected chi connectivity index (χ3v) is 3.98. The third-order valence-electron chi connectivity index (χ3n) is 2.29. The van der Waals surface area contributed by atoms with Crippen LogP contribution in [-0.4, -0.2) is 25.7 Å². The maximum absolute atomic E-state index is 12.3. The fourth-order valence-electron chi connectivity index (χ4n) is 1.43. The number of methoxy groups -OCH3 is 1. The minimum absolute atomic E-state index is 0.00653. The number of nitrogens with zero attached hydrogens (tertiary/aromatic N) is 1. The van der Waals surface area contributed by atoms with Crippen LogP contribution in [0.3, 0.4) is 0 Å². The zero-order valence-corrected chi connectivity index (χ0v) is 10.3. The maximum Gasteiger partial charge on any atom is 0.264 e. The number of H-pyrrole nitrogens is 1. The second kappa shape index (κ2) is 4.61. The Bertz CT molecular complexity index is 701. The number of aromatic nitrogens is 2. The first-order valence-corrected chi connectivity index (χ1v) is 6.48. The minimum atomic E-state index is -3.80. The first-order chi connectivity index (χ1) is 8.55. The Morgan fingerprint density at radius 3 is 2.50 bits per heavy atom. The molecule has 94 valence electrons. The van der Waals surface area contributed by atoms with E-state index in [0.29, 0.717) is 0 Å². The van der Waals surface area contributed by atoms with E-state index in [2.05, 4.69) is 10.2 Å². The summed E-state index contributed by atoms with van der Waals surface area (Å²) in [5.41, 5.74) is -0.464. The van der Waals surface area contributed by atoms with Gasteiger partial charge in [0.1, 0.15) is 10.6 Å². The van der Waals surface area contributed by atoms with Crippen LogP contribution in [0.4, 0.5) is 0 Å². The molecule has 1 aromatic carbocycles. The van der Waals surface area contributed by atoms with E-state index < -0.39 is 15.4 Å². The first-order valence-electron chi connectivity index (χ1n) is 4.99. The number of para-hydroxylation sites is 1. The molecular formula is C11H10N2O4S. The lowest BCUT2D eigenvalue weighted by atomic mass is 10.3. The highest BCUT2D eigenvalue weighted by atomic mass is 32.2. The predicted molar refractivity (Wildman–Crippen MR) is 63.3 cm³/mol. The summed E-state index contributed by atoms with van der Waals surface area (Å²) in [5, 5.41) is 5.38. The van der Waals surface area contributed by atoms with Gasteiger partial charge in [0.2, 0.25) is 9.84 Å². The van der Waals surface area contributed by atoms with E-state index in [9.17, 15) is 13.2 Å². The Hall–Kier alpha value is -2.15. The van der Waals surface area contributed by atoms with Gasteiger partial charge in [0.05, 0.1) is 7.11 Å². The molecule has 0 aliphatic heterocycles. The number of rotatable bonds is 3. The number of hydrogen-bond acceptors (Lipinski definition) is 5. The van der Waals surface area contributed by atoms with Crippen LogP contribution in [0.15, 0.2) is 51.1 Å². The summed E-state index contributed by atoms with van der Waals surface area (Å²) in [6.45, 7) is 0. The Labute approximate surface area is 103 Å². The van der Waals surface area contributed by atoms with Gasteiger partial charge in [-0.2, -0.15) is 5.10 Å². The van der Waals surface area contributed by atoms with E-state index in [4.69, 9.17) is 4.74 Å². The topological polar surface area (TPSA) is 89.1 Å². The number of aromatic amines is 1. The SMILES string of the molecule is COc1ccccc1S(=O)(=O)c1ccc(=O)[nH]n1. The molecule has 6 nitrogen and oxygen atoms in total. The van der Waals surface area contributed by atoms with Crippen molar-refractivity contribution in [3.63, 3.8) is 0 Å². The van der Waals surface area contributed by atoms with Gasteiger partial charge in [-0.15, -0.1) is 0 Å². The van der Waals surface area contributed by atoms with Crippen molar-refractivity contribution in [3.8, 4) is 5.75 Å². The van der Waals surface area contributed by atoms with Gasteiger partial charge >= 0.3 is 0 Å². The molecule has 1 aromatic heterocycles. The van der Waals surface area contributed by atoms with Crippen LogP contribution < -0.4 is 10.3 Å². The van der Waals surface area contributed by atoms with Crippen LogP contribution in [0.25, 0.3) is 0 Å². The molecule has 0 amide bonds. The fraction of sp³-hybridized carbons (Fsp3) is 0.0909. The van der Waals surface area contributed by atoms with Gasteiger partial charge in [-0.3, -0.25) is 4.79 Å². The molecule has 0 atom stereocenters. The van der Waals surface area contributed by atoms with Crippen LogP contribution in [0.1, 0.15) is 0 Å². The molecular weight excluding hydrogens is 256 g/mol. The maximum atomic E-state index is 12.3. The standard InChI is InChI=1S/C11H10N2O4S/c1-17-8-4-2-3-5-9(8)18(15,16)11-7-6-10(14)12-13-11/h2-7H,1H3,(H,12,14). The van der Waals surface area contributed by atoms with Crippen LogP contribution in [0.2, 0.25) is 0 Å². The van der Waals surface area contributed by atoms with Crippen molar-refractivity contribution in [2.75, 3.05) is 7.11 Å². The van der Waals surface area contributed by atoms with Crippen molar-refractivity contribution in [2.45, 2.75) is 9.92 Å². The van der Waals surface area contributed by atoms with Gasteiger partial charge in [-0.1, -0.05) is 12.1 Å². The summed E-state index contributed by atoms with van der Waals surface area (Å²) in [7, 11) is -2.42. The Morgan fingerprint density at radius 1 is 1.17 bits per heavy atom. The summed E-state index contributed by atoms with van der Waals surface area (Å²) < 4.78 is 29.5. The minimum Gasteiger partial charge on any atom is -0.495 e. The van der Waals surface area contributed by atoms with Crippen molar-refractivity contribution in [1.29, 1.82) is 0 Å². The number of nitrogens with one attached hydrogen (secondary N) is 1. The number of ether oxygens (including phenoxy) is 1. The monoisotopic (exact) mass is 266 g/mol. The number of hydrogen-bond donors (Lipinski definition) is 1. The summed E-state index contributed by atoms with van der Waals surface area (Å²) in [6, 6.07) is 8.47. The number of sulfone groups is 1. The second-order valence-corrected chi connectivity index (χ2v) is 5.28. The summed E-state index contributed by atoms with van der Waals surface area (Å²) in [4.78, 5) is 10.9. The average molecular weight is 266 g/mol. The molecule has 7 heteroatoms. The summed E-state index contributed by atoms with van der Waals surface area (Å²) in [5.74, 6) is 0.227. The molecule has 2 aromatic rings. The van der Waals surface area contributed by atoms with E-state index >= 15 is 0 Å². The van der Waals surface area contributed by atoms with E-state index in [0.717, 1.165) is 12.1 Å². The highest BCUT2D eigenvalue weighted by Crippen LogP contribution is 2.27. The lowest BCUT2D eigenvalue weighted by molar-refractivity contribution is 0.402. The first kappa shape index (κ1) is 12.3. The summed E-state index contributed by atoms with van der Waals surface area (Å²) >= 11 is 0. The quantitative estimate of drug-likeness (QED) is 0.879. The van der Waals surface area contributed by atoms with Crippen molar-refractivity contribution >= 4 is 9.84 Å². The molecule has 0 aliphatic rings. The van der Waals surface area contributed by atoms with Crippen LogP contribution >= 0.6 is 0 Å². The molecule has 0 saturated heterocycles.